The molecule has 0 radical (unpaired) electrons. The molecule has 45 heavy (non-hydrogen) atoms. The quantitative estimate of drug-likeness (QED) is 0.206. The predicted octanol–water partition coefficient (Wildman–Crippen LogP) is 11.4. The molecule has 0 aliphatic rings. The number of hydrogen-bond donors (Lipinski definition) is 0. The summed E-state index contributed by atoms with van der Waals surface area (Å²) in [6.45, 7) is 0. The van der Waals surface area contributed by atoms with Crippen molar-refractivity contribution in [3.63, 3.8) is 0 Å². The van der Waals surface area contributed by atoms with E-state index in [9.17, 15) is 0 Å². The highest BCUT2D eigenvalue weighted by Gasteiger charge is 2.20. The van der Waals surface area contributed by atoms with Gasteiger partial charge in [-0.15, -0.1) is 0 Å². The van der Waals surface area contributed by atoms with Crippen LogP contribution in [-0.4, -0.2) is 9.13 Å². The molecule has 0 aliphatic carbocycles. The van der Waals surface area contributed by atoms with Gasteiger partial charge in [0.2, 0.25) is 0 Å². The van der Waals surface area contributed by atoms with Crippen molar-refractivity contribution >= 4 is 65.6 Å². The van der Waals surface area contributed by atoms with E-state index in [4.69, 9.17) is 4.42 Å². The highest BCUT2D eigenvalue weighted by Crippen LogP contribution is 2.42. The van der Waals surface area contributed by atoms with E-state index in [1.165, 1.54) is 54.7 Å². The molecule has 3 nitrogen and oxygen atoms in total. The topological polar surface area (TPSA) is 23.0 Å². The lowest BCUT2D eigenvalue weighted by atomic mass is 10.0. The van der Waals surface area contributed by atoms with Crippen molar-refractivity contribution in [2.45, 2.75) is 0 Å². The van der Waals surface area contributed by atoms with Crippen molar-refractivity contribution in [2.24, 2.45) is 0 Å². The van der Waals surface area contributed by atoms with Gasteiger partial charge in [0.25, 0.3) is 0 Å². The van der Waals surface area contributed by atoms with Gasteiger partial charge in [0.05, 0.1) is 22.1 Å². The Balaban J connectivity index is 1.26. The molecular weight excluding hydrogens is 548 g/mol. The highest BCUT2D eigenvalue weighted by atomic mass is 16.3. The Morgan fingerprint density at radius 1 is 0.356 bits per heavy atom. The molecule has 0 aliphatic heterocycles. The van der Waals surface area contributed by atoms with E-state index < -0.39 is 0 Å². The van der Waals surface area contributed by atoms with E-state index in [2.05, 4.69) is 155 Å². The highest BCUT2D eigenvalue weighted by molar-refractivity contribution is 6.26. The molecular formula is C42H26N2O. The molecule has 0 N–H and O–H groups in total. The van der Waals surface area contributed by atoms with Gasteiger partial charge in [0, 0.05) is 43.7 Å². The number of aromatic nitrogens is 2. The molecule has 3 aromatic heterocycles. The van der Waals surface area contributed by atoms with Crippen LogP contribution in [0.15, 0.2) is 162 Å². The number of furan rings is 1. The van der Waals surface area contributed by atoms with Crippen LogP contribution in [0.5, 0.6) is 0 Å². The molecule has 0 bridgehead atoms. The number of rotatable bonds is 3. The Labute approximate surface area is 258 Å². The van der Waals surface area contributed by atoms with Gasteiger partial charge in [-0.05, 0) is 71.8 Å². The summed E-state index contributed by atoms with van der Waals surface area (Å²) in [5, 5.41) is 7.32. The molecule has 0 spiro atoms. The summed E-state index contributed by atoms with van der Waals surface area (Å²) in [6.07, 6.45) is 0. The number of hydrogen-bond acceptors (Lipinski definition) is 1. The van der Waals surface area contributed by atoms with Gasteiger partial charge in [-0.25, -0.2) is 0 Å². The molecule has 210 valence electrons. The molecule has 3 heteroatoms. The second-order valence-corrected chi connectivity index (χ2v) is 11.8. The number of benzene rings is 7. The van der Waals surface area contributed by atoms with Crippen LogP contribution in [0.2, 0.25) is 0 Å². The number of para-hydroxylation sites is 4. The van der Waals surface area contributed by atoms with Crippen molar-refractivity contribution in [3.8, 4) is 22.5 Å². The fraction of sp³-hybridized carbons (Fsp3) is 0. The van der Waals surface area contributed by atoms with Gasteiger partial charge < -0.3 is 13.6 Å². The van der Waals surface area contributed by atoms with E-state index in [-0.39, 0.29) is 0 Å². The zero-order valence-electron chi connectivity index (χ0n) is 24.3. The van der Waals surface area contributed by atoms with E-state index in [0.29, 0.717) is 0 Å². The molecule has 0 fully saturated rings. The molecule has 10 rings (SSSR count). The van der Waals surface area contributed by atoms with Crippen LogP contribution in [-0.2, 0) is 0 Å². The fourth-order valence-corrected chi connectivity index (χ4v) is 7.36. The molecule has 0 saturated heterocycles. The minimum Gasteiger partial charge on any atom is -0.456 e. The molecule has 0 unspecified atom stereocenters. The lowest BCUT2D eigenvalue weighted by Gasteiger charge is -2.11. The Hall–Kier alpha value is -6.06. The van der Waals surface area contributed by atoms with Gasteiger partial charge >= 0.3 is 0 Å². The van der Waals surface area contributed by atoms with E-state index in [1.807, 2.05) is 12.1 Å². The average molecular weight is 575 g/mol. The minimum atomic E-state index is 0.913. The Morgan fingerprint density at radius 2 is 1.02 bits per heavy atom. The first kappa shape index (κ1) is 24.4. The predicted molar refractivity (Wildman–Crippen MR) is 188 cm³/mol. The first-order chi connectivity index (χ1) is 22.3. The summed E-state index contributed by atoms with van der Waals surface area (Å²) in [5.41, 5.74) is 11.3. The summed E-state index contributed by atoms with van der Waals surface area (Å²) in [4.78, 5) is 0. The minimum absolute atomic E-state index is 0.913. The Kier molecular flexibility index (Phi) is 5.00. The van der Waals surface area contributed by atoms with Crippen LogP contribution in [0.3, 0.4) is 0 Å². The monoisotopic (exact) mass is 574 g/mol. The largest absolute Gasteiger partial charge is 0.456 e. The second-order valence-electron chi connectivity index (χ2n) is 11.8. The molecule has 3 heterocycles. The standard InChI is InChI=1S/C42H26N2O/c1-2-12-29(13-3-1)44-36-18-7-4-15-31(36)33-22-23-38-41(42(33)44)34-17-5-8-19-37(34)43(38)30-14-10-11-27(25-30)28-21-24-40-35(26-28)32-16-6-9-20-39(32)45-40/h1-26H. The van der Waals surface area contributed by atoms with Crippen molar-refractivity contribution in [1.29, 1.82) is 0 Å². The maximum Gasteiger partial charge on any atom is 0.135 e. The fourth-order valence-electron chi connectivity index (χ4n) is 7.36. The van der Waals surface area contributed by atoms with E-state index >= 15 is 0 Å². The van der Waals surface area contributed by atoms with Crippen molar-refractivity contribution in [1.82, 2.24) is 9.13 Å². The van der Waals surface area contributed by atoms with Crippen LogP contribution in [0.4, 0.5) is 0 Å². The lowest BCUT2D eigenvalue weighted by molar-refractivity contribution is 0.669. The van der Waals surface area contributed by atoms with Crippen LogP contribution in [0, 0.1) is 0 Å². The molecule has 0 saturated carbocycles. The summed E-state index contributed by atoms with van der Waals surface area (Å²) in [6, 6.07) is 56.6. The average Bonchev–Trinajstić information content (AvgIpc) is 3.76. The van der Waals surface area contributed by atoms with Gasteiger partial charge in [-0.1, -0.05) is 97.1 Å². The smallest absolute Gasteiger partial charge is 0.135 e. The maximum absolute atomic E-state index is 6.11. The molecule has 0 amide bonds. The van der Waals surface area contributed by atoms with Gasteiger partial charge in [0.1, 0.15) is 11.2 Å². The van der Waals surface area contributed by atoms with Crippen LogP contribution in [0.25, 0.3) is 88.1 Å². The third kappa shape index (κ3) is 3.46. The summed E-state index contributed by atoms with van der Waals surface area (Å²) in [7, 11) is 0. The summed E-state index contributed by atoms with van der Waals surface area (Å²) in [5.74, 6) is 0. The summed E-state index contributed by atoms with van der Waals surface area (Å²) < 4.78 is 11.0. The van der Waals surface area contributed by atoms with Crippen molar-refractivity contribution < 1.29 is 4.42 Å². The van der Waals surface area contributed by atoms with Gasteiger partial charge in [-0.2, -0.15) is 0 Å². The Bertz CT molecular complexity index is 2760. The van der Waals surface area contributed by atoms with Gasteiger partial charge in [0.15, 0.2) is 0 Å². The second kappa shape index (κ2) is 9.22. The van der Waals surface area contributed by atoms with Crippen molar-refractivity contribution in [3.05, 3.63) is 158 Å². The molecule has 0 atom stereocenters. The first-order valence-corrected chi connectivity index (χ1v) is 15.4. The van der Waals surface area contributed by atoms with Crippen LogP contribution < -0.4 is 0 Å². The van der Waals surface area contributed by atoms with Gasteiger partial charge in [-0.3, -0.25) is 0 Å². The summed E-state index contributed by atoms with van der Waals surface area (Å²) >= 11 is 0. The molecule has 7 aromatic carbocycles. The number of fused-ring (bicyclic) bond motifs is 10. The number of nitrogens with zero attached hydrogens (tertiary/aromatic N) is 2. The molecule has 10 aromatic rings. The van der Waals surface area contributed by atoms with Crippen LogP contribution in [0.1, 0.15) is 0 Å². The van der Waals surface area contributed by atoms with Crippen molar-refractivity contribution in [2.75, 3.05) is 0 Å². The zero-order valence-corrected chi connectivity index (χ0v) is 24.3. The maximum atomic E-state index is 6.11. The van der Waals surface area contributed by atoms with E-state index in [1.54, 1.807) is 0 Å². The SMILES string of the molecule is c1ccc(-n2c3ccccc3c3ccc4c(c5ccccc5n4-c4cccc(-c5ccc6oc7ccccc7c6c5)c4)c32)cc1. The Morgan fingerprint density at radius 3 is 1.89 bits per heavy atom. The lowest BCUT2D eigenvalue weighted by Crippen LogP contribution is -1.95. The normalized spacial score (nSPS) is 12.0. The van der Waals surface area contributed by atoms with E-state index in [0.717, 1.165) is 33.3 Å². The van der Waals surface area contributed by atoms with Crippen LogP contribution >= 0.6 is 0 Å². The first-order valence-electron chi connectivity index (χ1n) is 15.4. The third-order valence-corrected chi connectivity index (χ3v) is 9.30. The third-order valence-electron chi connectivity index (χ3n) is 9.30. The zero-order chi connectivity index (χ0) is 29.5.